The second-order valence-electron chi connectivity index (χ2n) is 3.50. The summed E-state index contributed by atoms with van der Waals surface area (Å²) in [6.07, 6.45) is 1.52. The molecule has 4 nitrogen and oxygen atoms in total. The van der Waals surface area contributed by atoms with Crippen molar-refractivity contribution in [2.24, 2.45) is 0 Å². The summed E-state index contributed by atoms with van der Waals surface area (Å²) in [6.45, 7) is 0.498. The van der Waals surface area contributed by atoms with E-state index in [1.54, 1.807) is 6.07 Å². The van der Waals surface area contributed by atoms with Crippen molar-refractivity contribution in [1.29, 1.82) is 0 Å². The minimum Gasteiger partial charge on any atom is -0.494 e. The van der Waals surface area contributed by atoms with Crippen molar-refractivity contribution < 1.29 is 19.7 Å². The van der Waals surface area contributed by atoms with E-state index in [1.807, 2.05) is 18.2 Å². The number of carboxylic acids is 1. The van der Waals surface area contributed by atoms with Crippen molar-refractivity contribution in [3.05, 3.63) is 29.8 Å². The molecule has 1 rings (SSSR count). The molecule has 0 spiro atoms. The van der Waals surface area contributed by atoms with E-state index in [0.29, 0.717) is 18.8 Å². The van der Waals surface area contributed by atoms with Gasteiger partial charge in [-0.15, -0.1) is 0 Å². The molecule has 0 fully saturated rings. The van der Waals surface area contributed by atoms with E-state index in [4.69, 9.17) is 14.9 Å². The number of aliphatic carboxylic acids is 1. The fourth-order valence-corrected chi connectivity index (χ4v) is 1.30. The Bertz CT molecular complexity index is 336. The lowest BCUT2D eigenvalue weighted by atomic mass is 10.2. The molecule has 0 heterocycles. The Hall–Kier alpha value is -1.55. The summed E-state index contributed by atoms with van der Waals surface area (Å²) in [6, 6.07) is 7.23. The van der Waals surface area contributed by atoms with Crippen LogP contribution in [0.2, 0.25) is 0 Å². The van der Waals surface area contributed by atoms with Crippen molar-refractivity contribution in [3.63, 3.8) is 0 Å². The number of carboxylic acid groups (broad SMARTS) is 1. The predicted octanol–water partition coefficient (Wildman–Crippen LogP) is 1.81. The van der Waals surface area contributed by atoms with Gasteiger partial charge in [0.1, 0.15) is 5.75 Å². The Morgan fingerprint density at radius 3 is 2.81 bits per heavy atom. The molecule has 0 saturated heterocycles. The fourth-order valence-electron chi connectivity index (χ4n) is 1.30. The first kappa shape index (κ1) is 12.5. The number of unbranched alkanes of at least 4 members (excludes halogenated alkanes) is 1. The van der Waals surface area contributed by atoms with E-state index in [-0.39, 0.29) is 13.0 Å². The van der Waals surface area contributed by atoms with Gasteiger partial charge in [0.15, 0.2) is 0 Å². The van der Waals surface area contributed by atoms with Crippen molar-refractivity contribution in [1.82, 2.24) is 0 Å². The smallest absolute Gasteiger partial charge is 0.303 e. The van der Waals surface area contributed by atoms with Crippen molar-refractivity contribution in [2.45, 2.75) is 25.9 Å². The molecule has 0 aliphatic carbocycles. The zero-order valence-corrected chi connectivity index (χ0v) is 9.06. The summed E-state index contributed by atoms with van der Waals surface area (Å²) in [5.74, 6) is -0.0656. The predicted molar refractivity (Wildman–Crippen MR) is 59.3 cm³/mol. The number of ether oxygens (including phenoxy) is 1. The molecule has 4 heteroatoms. The molecule has 0 aliphatic heterocycles. The van der Waals surface area contributed by atoms with Gasteiger partial charge in [0, 0.05) is 6.42 Å². The van der Waals surface area contributed by atoms with E-state index < -0.39 is 5.97 Å². The van der Waals surface area contributed by atoms with Crippen molar-refractivity contribution in [2.75, 3.05) is 6.61 Å². The molecule has 0 amide bonds. The van der Waals surface area contributed by atoms with Crippen molar-refractivity contribution in [3.8, 4) is 5.75 Å². The van der Waals surface area contributed by atoms with Crippen LogP contribution >= 0.6 is 0 Å². The third-order valence-corrected chi connectivity index (χ3v) is 2.13. The molecule has 1 aromatic rings. The lowest BCUT2D eigenvalue weighted by molar-refractivity contribution is -0.137. The Labute approximate surface area is 94.5 Å². The van der Waals surface area contributed by atoms with Crippen LogP contribution in [0.15, 0.2) is 24.3 Å². The van der Waals surface area contributed by atoms with Crippen molar-refractivity contribution >= 4 is 5.97 Å². The van der Waals surface area contributed by atoms with Gasteiger partial charge < -0.3 is 14.9 Å². The van der Waals surface area contributed by atoms with Gasteiger partial charge in [-0.3, -0.25) is 4.79 Å². The van der Waals surface area contributed by atoms with Crippen LogP contribution in [0, 0.1) is 0 Å². The van der Waals surface area contributed by atoms with Crippen LogP contribution in [0.1, 0.15) is 24.8 Å². The summed E-state index contributed by atoms with van der Waals surface area (Å²) < 4.78 is 5.43. The quantitative estimate of drug-likeness (QED) is 0.693. The van der Waals surface area contributed by atoms with E-state index in [2.05, 4.69) is 0 Å². The summed E-state index contributed by atoms with van der Waals surface area (Å²) >= 11 is 0. The average molecular weight is 224 g/mol. The van der Waals surface area contributed by atoms with Gasteiger partial charge in [-0.2, -0.15) is 0 Å². The minimum atomic E-state index is -0.776. The van der Waals surface area contributed by atoms with Gasteiger partial charge in [-0.1, -0.05) is 12.1 Å². The second kappa shape index (κ2) is 6.85. The average Bonchev–Trinajstić information content (AvgIpc) is 2.28. The number of hydrogen-bond donors (Lipinski definition) is 2. The number of hydrogen-bond acceptors (Lipinski definition) is 3. The zero-order chi connectivity index (χ0) is 11.8. The van der Waals surface area contributed by atoms with Crippen LogP contribution in [0.3, 0.4) is 0 Å². The van der Waals surface area contributed by atoms with E-state index in [9.17, 15) is 4.79 Å². The van der Waals surface area contributed by atoms with Gasteiger partial charge in [0.2, 0.25) is 0 Å². The molecule has 0 aromatic heterocycles. The number of aliphatic hydroxyl groups is 1. The Morgan fingerprint density at radius 1 is 1.31 bits per heavy atom. The standard InChI is InChI=1S/C12H16O4/c13-9-10-4-3-5-11(8-10)16-7-2-1-6-12(14)15/h3-5,8,13H,1-2,6-7,9H2,(H,14,15). The topological polar surface area (TPSA) is 66.8 Å². The minimum absolute atomic E-state index is 0.00376. The van der Waals surface area contributed by atoms with Crippen LogP contribution < -0.4 is 4.74 Å². The molecule has 0 radical (unpaired) electrons. The summed E-state index contributed by atoms with van der Waals surface area (Å²) in [5, 5.41) is 17.3. The second-order valence-corrected chi connectivity index (χ2v) is 3.50. The normalized spacial score (nSPS) is 10.1. The highest BCUT2D eigenvalue weighted by Crippen LogP contribution is 2.13. The molecule has 1 aromatic carbocycles. The Balaban J connectivity index is 2.23. The van der Waals surface area contributed by atoms with Gasteiger partial charge in [0.05, 0.1) is 13.2 Å². The third-order valence-electron chi connectivity index (χ3n) is 2.13. The van der Waals surface area contributed by atoms with Gasteiger partial charge in [-0.05, 0) is 30.5 Å². The summed E-state index contributed by atoms with van der Waals surface area (Å²) in [7, 11) is 0. The van der Waals surface area contributed by atoms with Gasteiger partial charge in [-0.25, -0.2) is 0 Å². The molecular formula is C12H16O4. The van der Waals surface area contributed by atoms with E-state index in [1.165, 1.54) is 0 Å². The maximum Gasteiger partial charge on any atom is 0.303 e. The van der Waals surface area contributed by atoms with Crippen LogP contribution in [0.5, 0.6) is 5.75 Å². The highest BCUT2D eigenvalue weighted by molar-refractivity contribution is 5.66. The molecule has 0 aliphatic rings. The largest absolute Gasteiger partial charge is 0.494 e. The first-order valence-electron chi connectivity index (χ1n) is 5.27. The monoisotopic (exact) mass is 224 g/mol. The van der Waals surface area contributed by atoms with E-state index >= 15 is 0 Å². The Morgan fingerprint density at radius 2 is 2.12 bits per heavy atom. The third kappa shape index (κ3) is 4.79. The SMILES string of the molecule is O=C(O)CCCCOc1cccc(CO)c1. The van der Waals surface area contributed by atoms with Crippen LogP contribution in [0.25, 0.3) is 0 Å². The summed E-state index contributed by atoms with van der Waals surface area (Å²) in [4.78, 5) is 10.2. The molecule has 0 atom stereocenters. The highest BCUT2D eigenvalue weighted by Gasteiger charge is 1.98. The van der Waals surface area contributed by atoms with E-state index in [0.717, 1.165) is 12.0 Å². The maximum atomic E-state index is 10.2. The molecule has 2 N–H and O–H groups in total. The maximum absolute atomic E-state index is 10.2. The highest BCUT2D eigenvalue weighted by atomic mass is 16.5. The molecular weight excluding hydrogens is 208 g/mol. The number of aliphatic hydroxyl groups excluding tert-OH is 1. The lowest BCUT2D eigenvalue weighted by Crippen LogP contribution is -2.00. The Kier molecular flexibility index (Phi) is 5.36. The zero-order valence-electron chi connectivity index (χ0n) is 9.06. The number of carbonyl (C=O) groups is 1. The molecule has 0 bridgehead atoms. The fraction of sp³-hybridized carbons (Fsp3) is 0.417. The molecule has 88 valence electrons. The van der Waals surface area contributed by atoms with Crippen LogP contribution in [-0.4, -0.2) is 22.8 Å². The molecule has 0 saturated carbocycles. The molecule has 16 heavy (non-hydrogen) atoms. The molecule has 0 unspecified atom stereocenters. The first-order valence-corrected chi connectivity index (χ1v) is 5.27. The lowest BCUT2D eigenvalue weighted by Gasteiger charge is -2.06. The first-order chi connectivity index (χ1) is 7.72. The van der Waals surface area contributed by atoms with Gasteiger partial charge >= 0.3 is 5.97 Å². The number of benzene rings is 1. The summed E-state index contributed by atoms with van der Waals surface area (Å²) in [5.41, 5.74) is 0.808. The van der Waals surface area contributed by atoms with Crippen LogP contribution in [-0.2, 0) is 11.4 Å². The van der Waals surface area contributed by atoms with Crippen LogP contribution in [0.4, 0.5) is 0 Å². The van der Waals surface area contributed by atoms with Gasteiger partial charge in [0.25, 0.3) is 0 Å². The number of rotatable bonds is 7.